The standard InChI is InChI=1S/C20H16Cl2N2O3S/c21-16-10-6-12-18(19(16)22)28(26,27)24-17-11-5-4-9-15(17)20(25)23-13-14-7-2-1-3-8-14/h1-12,24H,13H2,(H,23,25). The van der Waals surface area contributed by atoms with Crippen molar-refractivity contribution in [2.24, 2.45) is 0 Å². The summed E-state index contributed by atoms with van der Waals surface area (Å²) in [6, 6.07) is 20.1. The molecule has 0 saturated carbocycles. The van der Waals surface area contributed by atoms with Gasteiger partial charge in [0.1, 0.15) is 4.90 Å². The first-order valence-corrected chi connectivity index (χ1v) is 10.5. The highest BCUT2D eigenvalue weighted by molar-refractivity contribution is 7.92. The predicted octanol–water partition coefficient (Wildman–Crippen LogP) is 4.72. The molecule has 3 aromatic carbocycles. The number of carbonyl (C=O) groups excluding carboxylic acids is 1. The summed E-state index contributed by atoms with van der Waals surface area (Å²) in [5, 5.41) is 2.82. The van der Waals surface area contributed by atoms with Crippen LogP contribution in [-0.4, -0.2) is 14.3 Å². The third-order valence-corrected chi connectivity index (χ3v) is 6.26. The van der Waals surface area contributed by atoms with E-state index in [0.717, 1.165) is 5.56 Å². The van der Waals surface area contributed by atoms with Crippen LogP contribution in [0.15, 0.2) is 77.7 Å². The van der Waals surface area contributed by atoms with Crippen LogP contribution in [0, 0.1) is 0 Å². The van der Waals surface area contributed by atoms with Gasteiger partial charge in [-0.05, 0) is 29.8 Å². The second-order valence-electron chi connectivity index (χ2n) is 5.87. The van der Waals surface area contributed by atoms with Crippen molar-refractivity contribution in [3.05, 3.63) is 94.0 Å². The van der Waals surface area contributed by atoms with E-state index in [2.05, 4.69) is 10.0 Å². The average molecular weight is 435 g/mol. The summed E-state index contributed by atoms with van der Waals surface area (Å²) in [6.07, 6.45) is 0. The lowest BCUT2D eigenvalue weighted by molar-refractivity contribution is 0.0952. The highest BCUT2D eigenvalue weighted by atomic mass is 35.5. The second kappa shape index (κ2) is 8.65. The smallest absolute Gasteiger partial charge is 0.263 e. The number of sulfonamides is 1. The zero-order valence-corrected chi connectivity index (χ0v) is 16.9. The molecule has 0 radical (unpaired) electrons. The van der Waals surface area contributed by atoms with Gasteiger partial charge < -0.3 is 5.32 Å². The highest BCUT2D eigenvalue weighted by Crippen LogP contribution is 2.30. The first-order chi connectivity index (χ1) is 13.4. The first kappa shape index (κ1) is 20.2. The lowest BCUT2D eigenvalue weighted by atomic mass is 10.1. The van der Waals surface area contributed by atoms with Gasteiger partial charge in [-0.2, -0.15) is 0 Å². The summed E-state index contributed by atoms with van der Waals surface area (Å²) in [5.74, 6) is -0.403. The monoisotopic (exact) mass is 434 g/mol. The molecule has 1 amide bonds. The molecule has 0 unspecified atom stereocenters. The summed E-state index contributed by atoms with van der Waals surface area (Å²) in [5.41, 5.74) is 1.27. The number of rotatable bonds is 6. The van der Waals surface area contributed by atoms with Gasteiger partial charge in [0, 0.05) is 6.54 Å². The van der Waals surface area contributed by atoms with Crippen LogP contribution in [0.2, 0.25) is 10.0 Å². The van der Waals surface area contributed by atoms with Crippen molar-refractivity contribution in [3.63, 3.8) is 0 Å². The van der Waals surface area contributed by atoms with Crippen molar-refractivity contribution in [1.82, 2.24) is 5.32 Å². The van der Waals surface area contributed by atoms with E-state index in [4.69, 9.17) is 23.2 Å². The van der Waals surface area contributed by atoms with Crippen LogP contribution in [0.5, 0.6) is 0 Å². The maximum Gasteiger partial charge on any atom is 0.263 e. The normalized spacial score (nSPS) is 11.1. The van der Waals surface area contributed by atoms with Crippen molar-refractivity contribution >= 4 is 44.8 Å². The molecule has 5 nitrogen and oxygen atoms in total. The fourth-order valence-electron chi connectivity index (χ4n) is 2.53. The highest BCUT2D eigenvalue weighted by Gasteiger charge is 2.22. The van der Waals surface area contributed by atoms with Crippen LogP contribution in [0.25, 0.3) is 0 Å². The zero-order chi connectivity index (χ0) is 20.1. The molecule has 0 bridgehead atoms. The van der Waals surface area contributed by atoms with E-state index in [9.17, 15) is 13.2 Å². The molecule has 0 heterocycles. The largest absolute Gasteiger partial charge is 0.348 e. The molecule has 0 fully saturated rings. The second-order valence-corrected chi connectivity index (χ2v) is 8.31. The third kappa shape index (κ3) is 4.65. The van der Waals surface area contributed by atoms with Gasteiger partial charge >= 0.3 is 0 Å². The Bertz CT molecular complexity index is 1100. The number of amides is 1. The van der Waals surface area contributed by atoms with Crippen LogP contribution < -0.4 is 10.0 Å². The first-order valence-electron chi connectivity index (χ1n) is 8.26. The number of para-hydroxylation sites is 1. The topological polar surface area (TPSA) is 75.3 Å². The number of hydrogen-bond donors (Lipinski definition) is 2. The van der Waals surface area contributed by atoms with E-state index < -0.39 is 15.9 Å². The summed E-state index contributed by atoms with van der Waals surface area (Å²) in [6.45, 7) is 0.320. The Morgan fingerprint density at radius 3 is 2.29 bits per heavy atom. The Labute approximate surface area is 173 Å². The third-order valence-electron chi connectivity index (χ3n) is 3.92. The van der Waals surface area contributed by atoms with Crippen molar-refractivity contribution in [3.8, 4) is 0 Å². The molecule has 28 heavy (non-hydrogen) atoms. The van der Waals surface area contributed by atoms with E-state index in [1.54, 1.807) is 12.1 Å². The molecule has 3 rings (SSSR count). The number of nitrogens with one attached hydrogen (secondary N) is 2. The maximum absolute atomic E-state index is 12.7. The van der Waals surface area contributed by atoms with E-state index in [1.165, 1.54) is 30.3 Å². The summed E-state index contributed by atoms with van der Waals surface area (Å²) >= 11 is 11.9. The number of halogens is 2. The Balaban J connectivity index is 1.84. The summed E-state index contributed by atoms with van der Waals surface area (Å²) in [4.78, 5) is 12.4. The summed E-state index contributed by atoms with van der Waals surface area (Å²) in [7, 11) is -4.04. The molecule has 3 aromatic rings. The molecule has 0 aromatic heterocycles. The van der Waals surface area contributed by atoms with Crippen molar-refractivity contribution in [1.29, 1.82) is 0 Å². The van der Waals surface area contributed by atoms with Crippen molar-refractivity contribution in [2.45, 2.75) is 11.4 Å². The Morgan fingerprint density at radius 1 is 0.857 bits per heavy atom. The minimum atomic E-state index is -4.04. The number of hydrogen-bond acceptors (Lipinski definition) is 3. The molecular weight excluding hydrogens is 419 g/mol. The Morgan fingerprint density at radius 2 is 1.54 bits per heavy atom. The van der Waals surface area contributed by atoms with Crippen LogP contribution in [0.3, 0.4) is 0 Å². The van der Waals surface area contributed by atoms with Gasteiger partial charge in [-0.25, -0.2) is 8.42 Å². The molecule has 144 valence electrons. The molecule has 0 atom stereocenters. The van der Waals surface area contributed by atoms with E-state index >= 15 is 0 Å². The molecule has 0 aliphatic rings. The number of benzene rings is 3. The average Bonchev–Trinajstić information content (AvgIpc) is 2.69. The predicted molar refractivity (Wildman–Crippen MR) is 111 cm³/mol. The van der Waals surface area contributed by atoms with E-state index in [0.29, 0.717) is 6.54 Å². The van der Waals surface area contributed by atoms with Gasteiger partial charge in [0.2, 0.25) is 0 Å². The summed E-state index contributed by atoms with van der Waals surface area (Å²) < 4.78 is 27.9. The molecular formula is C20H16Cl2N2O3S. The Hall–Kier alpha value is -2.54. The zero-order valence-electron chi connectivity index (χ0n) is 14.5. The number of carbonyl (C=O) groups is 1. The van der Waals surface area contributed by atoms with Gasteiger partial charge in [-0.3, -0.25) is 9.52 Å². The molecule has 8 heteroatoms. The lowest BCUT2D eigenvalue weighted by Gasteiger charge is -2.14. The van der Waals surface area contributed by atoms with Gasteiger partial charge in [-0.1, -0.05) is 71.7 Å². The van der Waals surface area contributed by atoms with Gasteiger partial charge in [0.15, 0.2) is 0 Å². The molecule has 0 aliphatic carbocycles. The lowest BCUT2D eigenvalue weighted by Crippen LogP contribution is -2.25. The van der Waals surface area contributed by atoms with Gasteiger partial charge in [0.05, 0.1) is 21.3 Å². The van der Waals surface area contributed by atoms with Crippen molar-refractivity contribution < 1.29 is 13.2 Å². The molecule has 0 saturated heterocycles. The quantitative estimate of drug-likeness (QED) is 0.588. The molecule has 0 aliphatic heterocycles. The van der Waals surface area contributed by atoms with Gasteiger partial charge in [-0.15, -0.1) is 0 Å². The van der Waals surface area contributed by atoms with Crippen LogP contribution in [0.1, 0.15) is 15.9 Å². The van der Waals surface area contributed by atoms with E-state index in [1.807, 2.05) is 30.3 Å². The SMILES string of the molecule is O=C(NCc1ccccc1)c1ccccc1NS(=O)(=O)c1cccc(Cl)c1Cl. The fraction of sp³-hybridized carbons (Fsp3) is 0.0500. The van der Waals surface area contributed by atoms with Gasteiger partial charge in [0.25, 0.3) is 15.9 Å². The maximum atomic E-state index is 12.7. The van der Waals surface area contributed by atoms with Crippen LogP contribution >= 0.6 is 23.2 Å². The Kier molecular flexibility index (Phi) is 6.24. The minimum Gasteiger partial charge on any atom is -0.348 e. The fourth-order valence-corrected chi connectivity index (χ4v) is 4.38. The van der Waals surface area contributed by atoms with Crippen molar-refractivity contribution in [2.75, 3.05) is 4.72 Å². The van der Waals surface area contributed by atoms with E-state index in [-0.39, 0.29) is 26.2 Å². The van der Waals surface area contributed by atoms with Crippen LogP contribution in [0.4, 0.5) is 5.69 Å². The van der Waals surface area contributed by atoms with Crippen LogP contribution in [-0.2, 0) is 16.6 Å². The molecule has 2 N–H and O–H groups in total. The molecule has 0 spiro atoms. The minimum absolute atomic E-state index is 0.0809. The number of anilines is 1.